The van der Waals surface area contributed by atoms with E-state index in [2.05, 4.69) is 46.5 Å². The van der Waals surface area contributed by atoms with Gasteiger partial charge in [-0.2, -0.15) is 5.10 Å². The zero-order chi connectivity index (χ0) is 15.9. The van der Waals surface area contributed by atoms with Gasteiger partial charge in [-0.05, 0) is 33.0 Å². The summed E-state index contributed by atoms with van der Waals surface area (Å²) in [6.45, 7) is 3.79. The van der Waals surface area contributed by atoms with E-state index in [4.69, 9.17) is 0 Å². The Bertz CT molecular complexity index is 601. The van der Waals surface area contributed by atoms with Crippen LogP contribution in [0.4, 0.5) is 5.69 Å². The van der Waals surface area contributed by atoms with Gasteiger partial charge >= 0.3 is 0 Å². The molecule has 0 fully saturated rings. The monoisotopic (exact) mass is 300 g/mol. The number of amides is 1. The summed E-state index contributed by atoms with van der Waals surface area (Å²) in [7, 11) is 4.05. The molecule has 0 aliphatic rings. The Labute approximate surface area is 131 Å². The molecule has 0 radical (unpaired) electrons. The molecule has 2 aromatic rings. The SMILES string of the molecule is Cc1ccc(CCC(=O)Nc2cnn(CCN(C)C)c2)cc1. The summed E-state index contributed by atoms with van der Waals surface area (Å²) in [6.07, 6.45) is 4.79. The quantitative estimate of drug-likeness (QED) is 0.854. The molecule has 1 aromatic heterocycles. The van der Waals surface area contributed by atoms with Gasteiger partial charge in [-0.15, -0.1) is 0 Å². The van der Waals surface area contributed by atoms with Gasteiger partial charge in [0, 0.05) is 19.2 Å². The molecule has 2 rings (SSSR count). The lowest BCUT2D eigenvalue weighted by Crippen LogP contribution is -2.18. The first-order valence-corrected chi connectivity index (χ1v) is 7.55. The van der Waals surface area contributed by atoms with Gasteiger partial charge in [-0.25, -0.2) is 0 Å². The summed E-state index contributed by atoms with van der Waals surface area (Å²) in [5.74, 6) is 0.0211. The minimum absolute atomic E-state index is 0.0211. The first-order valence-electron chi connectivity index (χ1n) is 7.55. The predicted molar refractivity (Wildman–Crippen MR) is 88.9 cm³/mol. The fraction of sp³-hybridized carbons (Fsp3) is 0.412. The van der Waals surface area contributed by atoms with Crippen LogP contribution in [0, 0.1) is 6.92 Å². The Kier molecular flexibility index (Phi) is 5.72. The average Bonchev–Trinajstić information content (AvgIpc) is 2.92. The van der Waals surface area contributed by atoms with Gasteiger partial charge in [0.05, 0.1) is 18.4 Å². The standard InChI is InChI=1S/C17H24N4O/c1-14-4-6-15(7-5-14)8-9-17(22)19-16-12-18-21(13-16)11-10-20(2)3/h4-7,12-13H,8-11H2,1-3H3,(H,19,22). The van der Waals surface area contributed by atoms with Crippen molar-refractivity contribution < 1.29 is 4.79 Å². The molecule has 0 aliphatic carbocycles. The zero-order valence-electron chi connectivity index (χ0n) is 13.5. The van der Waals surface area contributed by atoms with Crippen molar-refractivity contribution in [2.75, 3.05) is 26.0 Å². The van der Waals surface area contributed by atoms with Crippen molar-refractivity contribution in [1.82, 2.24) is 14.7 Å². The maximum absolute atomic E-state index is 12.0. The molecule has 1 N–H and O–H groups in total. The minimum Gasteiger partial charge on any atom is -0.323 e. The Balaban J connectivity index is 1.78. The van der Waals surface area contributed by atoms with E-state index < -0.39 is 0 Å². The summed E-state index contributed by atoms with van der Waals surface area (Å²) in [6, 6.07) is 8.29. The second kappa shape index (κ2) is 7.75. The van der Waals surface area contributed by atoms with E-state index in [1.54, 1.807) is 6.20 Å². The van der Waals surface area contributed by atoms with Crippen molar-refractivity contribution in [3.63, 3.8) is 0 Å². The van der Waals surface area contributed by atoms with Crippen LogP contribution >= 0.6 is 0 Å². The van der Waals surface area contributed by atoms with Crippen molar-refractivity contribution in [2.24, 2.45) is 0 Å². The molecule has 0 spiro atoms. The van der Waals surface area contributed by atoms with E-state index in [0.29, 0.717) is 6.42 Å². The summed E-state index contributed by atoms with van der Waals surface area (Å²) in [4.78, 5) is 14.1. The van der Waals surface area contributed by atoms with Crippen LogP contribution in [-0.2, 0) is 17.8 Å². The number of aromatic nitrogens is 2. The second-order valence-corrected chi connectivity index (χ2v) is 5.83. The third-order valence-corrected chi connectivity index (χ3v) is 3.45. The van der Waals surface area contributed by atoms with Crippen molar-refractivity contribution in [3.05, 3.63) is 47.8 Å². The molecular weight excluding hydrogens is 276 g/mol. The third-order valence-electron chi connectivity index (χ3n) is 3.45. The van der Waals surface area contributed by atoms with Gasteiger partial charge in [-0.1, -0.05) is 29.8 Å². The Morgan fingerprint density at radius 1 is 1.27 bits per heavy atom. The summed E-state index contributed by atoms with van der Waals surface area (Å²) >= 11 is 0. The third kappa shape index (κ3) is 5.33. The van der Waals surface area contributed by atoms with Crippen molar-refractivity contribution in [1.29, 1.82) is 0 Å². The number of benzene rings is 1. The average molecular weight is 300 g/mol. The molecule has 0 unspecified atom stereocenters. The second-order valence-electron chi connectivity index (χ2n) is 5.83. The van der Waals surface area contributed by atoms with Crippen LogP contribution < -0.4 is 5.32 Å². The maximum Gasteiger partial charge on any atom is 0.224 e. The molecule has 1 aromatic carbocycles. The summed E-state index contributed by atoms with van der Waals surface area (Å²) in [5, 5.41) is 7.14. The highest BCUT2D eigenvalue weighted by Gasteiger charge is 2.05. The molecule has 118 valence electrons. The van der Waals surface area contributed by atoms with Crippen LogP contribution in [0.5, 0.6) is 0 Å². The van der Waals surface area contributed by atoms with Gasteiger partial charge in [0.1, 0.15) is 0 Å². The lowest BCUT2D eigenvalue weighted by molar-refractivity contribution is -0.116. The molecule has 0 saturated heterocycles. The van der Waals surface area contributed by atoms with Crippen molar-refractivity contribution >= 4 is 11.6 Å². The van der Waals surface area contributed by atoms with Gasteiger partial charge in [-0.3, -0.25) is 9.48 Å². The molecular formula is C17H24N4O. The predicted octanol–water partition coefficient (Wildman–Crippen LogP) is 2.32. The molecule has 0 saturated carbocycles. The number of nitrogens with one attached hydrogen (secondary N) is 1. The van der Waals surface area contributed by atoms with E-state index in [1.807, 2.05) is 25.0 Å². The van der Waals surface area contributed by atoms with E-state index in [1.165, 1.54) is 11.1 Å². The number of likely N-dealkylation sites (N-methyl/N-ethyl adjacent to an activating group) is 1. The molecule has 5 heteroatoms. The minimum atomic E-state index is 0.0211. The molecule has 1 heterocycles. The molecule has 0 aliphatic heterocycles. The number of carbonyl (C=O) groups excluding carboxylic acids is 1. The van der Waals surface area contributed by atoms with Crippen LogP contribution in [0.3, 0.4) is 0 Å². The lowest BCUT2D eigenvalue weighted by Gasteiger charge is -2.08. The first kappa shape index (κ1) is 16.2. The summed E-state index contributed by atoms with van der Waals surface area (Å²) in [5.41, 5.74) is 3.17. The smallest absolute Gasteiger partial charge is 0.224 e. The Morgan fingerprint density at radius 3 is 2.68 bits per heavy atom. The number of carbonyl (C=O) groups is 1. The zero-order valence-corrected chi connectivity index (χ0v) is 13.5. The number of nitrogens with zero attached hydrogens (tertiary/aromatic N) is 3. The molecule has 0 bridgehead atoms. The highest BCUT2D eigenvalue weighted by atomic mass is 16.1. The van der Waals surface area contributed by atoms with E-state index in [-0.39, 0.29) is 5.91 Å². The molecule has 5 nitrogen and oxygen atoms in total. The molecule has 22 heavy (non-hydrogen) atoms. The Hall–Kier alpha value is -2.14. The fourth-order valence-corrected chi connectivity index (χ4v) is 2.09. The number of hydrogen-bond acceptors (Lipinski definition) is 3. The van der Waals surface area contributed by atoms with Gasteiger partial charge in [0.2, 0.25) is 5.91 Å². The maximum atomic E-state index is 12.0. The van der Waals surface area contributed by atoms with Crippen LogP contribution in [0.25, 0.3) is 0 Å². The van der Waals surface area contributed by atoms with Crippen LogP contribution in [0.15, 0.2) is 36.7 Å². The van der Waals surface area contributed by atoms with Gasteiger partial charge < -0.3 is 10.2 Å². The van der Waals surface area contributed by atoms with Crippen LogP contribution in [0.1, 0.15) is 17.5 Å². The number of anilines is 1. The van der Waals surface area contributed by atoms with Gasteiger partial charge in [0.25, 0.3) is 0 Å². The lowest BCUT2D eigenvalue weighted by atomic mass is 10.1. The Morgan fingerprint density at radius 2 is 2.00 bits per heavy atom. The topological polar surface area (TPSA) is 50.2 Å². The number of aryl methyl sites for hydroxylation is 2. The number of rotatable bonds is 7. The van der Waals surface area contributed by atoms with E-state index >= 15 is 0 Å². The molecule has 0 atom stereocenters. The highest BCUT2D eigenvalue weighted by molar-refractivity contribution is 5.90. The number of hydrogen-bond donors (Lipinski definition) is 1. The van der Waals surface area contributed by atoms with Gasteiger partial charge in [0.15, 0.2) is 0 Å². The van der Waals surface area contributed by atoms with Crippen molar-refractivity contribution in [3.8, 4) is 0 Å². The van der Waals surface area contributed by atoms with Crippen LogP contribution in [0.2, 0.25) is 0 Å². The van der Waals surface area contributed by atoms with Crippen molar-refractivity contribution in [2.45, 2.75) is 26.3 Å². The molecule has 1 amide bonds. The highest BCUT2D eigenvalue weighted by Crippen LogP contribution is 2.09. The summed E-state index contributed by atoms with van der Waals surface area (Å²) < 4.78 is 1.84. The van der Waals surface area contributed by atoms with E-state index in [0.717, 1.165) is 25.2 Å². The van der Waals surface area contributed by atoms with E-state index in [9.17, 15) is 4.79 Å². The fourth-order valence-electron chi connectivity index (χ4n) is 2.09. The normalized spacial score (nSPS) is 10.9. The van der Waals surface area contributed by atoms with Crippen LogP contribution in [-0.4, -0.2) is 41.2 Å². The first-order chi connectivity index (χ1) is 10.5. The largest absolute Gasteiger partial charge is 0.323 e.